The van der Waals surface area contributed by atoms with E-state index in [4.69, 9.17) is 9.15 Å². The van der Waals surface area contributed by atoms with Gasteiger partial charge in [-0.2, -0.15) is 0 Å². The third-order valence-corrected chi connectivity index (χ3v) is 4.80. The number of para-hydroxylation sites is 1. The van der Waals surface area contributed by atoms with Crippen LogP contribution in [0.4, 0.5) is 17.1 Å². The Morgan fingerprint density at radius 1 is 0.939 bits per heavy atom. The molecule has 0 saturated heterocycles. The SMILES string of the molecule is CCOc1ccc(NC(=O)c2oc3ccccc3c2NC(=O)c2ccc([N+](=O)[O-])cc2)cc1. The molecule has 1 aromatic heterocycles. The van der Waals surface area contributed by atoms with Gasteiger partial charge in [0, 0.05) is 28.8 Å². The summed E-state index contributed by atoms with van der Waals surface area (Å²) < 4.78 is 11.1. The van der Waals surface area contributed by atoms with Crippen molar-refractivity contribution in [3.8, 4) is 5.75 Å². The second-order valence-electron chi connectivity index (χ2n) is 6.97. The van der Waals surface area contributed by atoms with Gasteiger partial charge < -0.3 is 19.8 Å². The Morgan fingerprint density at radius 2 is 1.64 bits per heavy atom. The molecule has 3 aromatic carbocycles. The Hall–Kier alpha value is -4.66. The fourth-order valence-electron chi connectivity index (χ4n) is 3.24. The van der Waals surface area contributed by atoms with Crippen molar-refractivity contribution in [1.82, 2.24) is 0 Å². The van der Waals surface area contributed by atoms with Crippen LogP contribution in [0.15, 0.2) is 77.2 Å². The van der Waals surface area contributed by atoms with Gasteiger partial charge in [-0.1, -0.05) is 12.1 Å². The Labute approximate surface area is 188 Å². The zero-order valence-corrected chi connectivity index (χ0v) is 17.5. The molecular formula is C24H19N3O6. The van der Waals surface area contributed by atoms with Crippen molar-refractivity contribution in [3.05, 3.63) is 94.2 Å². The third kappa shape index (κ3) is 4.67. The van der Waals surface area contributed by atoms with Crippen molar-refractivity contribution in [2.45, 2.75) is 6.92 Å². The number of amides is 2. The van der Waals surface area contributed by atoms with Crippen LogP contribution in [0.2, 0.25) is 0 Å². The summed E-state index contributed by atoms with van der Waals surface area (Å²) in [6.07, 6.45) is 0. The number of nitro benzene ring substituents is 1. The quantitative estimate of drug-likeness (QED) is 0.296. The lowest BCUT2D eigenvalue weighted by Crippen LogP contribution is -2.17. The van der Waals surface area contributed by atoms with Crippen molar-refractivity contribution in [3.63, 3.8) is 0 Å². The number of rotatable bonds is 7. The molecule has 0 aliphatic carbocycles. The molecule has 33 heavy (non-hydrogen) atoms. The van der Waals surface area contributed by atoms with E-state index in [0.717, 1.165) is 0 Å². The van der Waals surface area contributed by atoms with Crippen LogP contribution in [-0.4, -0.2) is 23.3 Å². The zero-order chi connectivity index (χ0) is 23.4. The van der Waals surface area contributed by atoms with E-state index in [9.17, 15) is 19.7 Å². The summed E-state index contributed by atoms with van der Waals surface area (Å²) in [6.45, 7) is 2.41. The molecule has 9 heteroatoms. The molecule has 9 nitrogen and oxygen atoms in total. The van der Waals surface area contributed by atoms with Gasteiger partial charge in [-0.3, -0.25) is 19.7 Å². The second kappa shape index (κ2) is 9.23. The molecule has 0 fully saturated rings. The number of nitrogens with one attached hydrogen (secondary N) is 2. The van der Waals surface area contributed by atoms with Crippen molar-refractivity contribution in [2.24, 2.45) is 0 Å². The van der Waals surface area contributed by atoms with E-state index in [1.807, 2.05) is 6.92 Å². The number of non-ortho nitro benzene ring substituents is 1. The molecule has 0 bridgehead atoms. The summed E-state index contributed by atoms with van der Waals surface area (Å²) in [4.78, 5) is 36.1. The number of anilines is 2. The highest BCUT2D eigenvalue weighted by Gasteiger charge is 2.23. The van der Waals surface area contributed by atoms with Gasteiger partial charge in [-0.25, -0.2) is 0 Å². The molecule has 0 atom stereocenters. The number of carbonyl (C=O) groups excluding carboxylic acids is 2. The molecular weight excluding hydrogens is 426 g/mol. The molecule has 0 spiro atoms. The minimum absolute atomic E-state index is 0.0691. The van der Waals surface area contributed by atoms with Crippen LogP contribution < -0.4 is 15.4 Å². The van der Waals surface area contributed by atoms with Gasteiger partial charge in [0.2, 0.25) is 5.76 Å². The largest absolute Gasteiger partial charge is 0.494 e. The van der Waals surface area contributed by atoms with Gasteiger partial charge in [-0.15, -0.1) is 0 Å². The van der Waals surface area contributed by atoms with Gasteiger partial charge in [0.15, 0.2) is 0 Å². The third-order valence-electron chi connectivity index (χ3n) is 4.80. The predicted octanol–water partition coefficient (Wildman–Crippen LogP) is 5.24. The number of furan rings is 1. The molecule has 4 aromatic rings. The molecule has 0 aliphatic rings. The van der Waals surface area contributed by atoms with Crippen LogP contribution >= 0.6 is 0 Å². The average molecular weight is 445 g/mol. The summed E-state index contributed by atoms with van der Waals surface area (Å²) >= 11 is 0. The summed E-state index contributed by atoms with van der Waals surface area (Å²) in [5, 5.41) is 16.8. The molecule has 2 N–H and O–H groups in total. The standard InChI is InChI=1S/C24H19N3O6/c1-2-32-18-13-9-16(10-14-18)25-24(29)22-21(19-5-3-4-6-20(19)33-22)26-23(28)15-7-11-17(12-8-15)27(30)31/h3-14H,2H2,1H3,(H,25,29)(H,26,28). The lowest BCUT2D eigenvalue weighted by atomic mass is 10.1. The van der Waals surface area contributed by atoms with Crippen LogP contribution in [0.25, 0.3) is 11.0 Å². The smallest absolute Gasteiger partial charge is 0.293 e. The minimum Gasteiger partial charge on any atom is -0.494 e. The lowest BCUT2D eigenvalue weighted by molar-refractivity contribution is -0.384. The molecule has 4 rings (SSSR count). The summed E-state index contributed by atoms with van der Waals surface area (Å²) in [7, 11) is 0. The molecule has 166 valence electrons. The molecule has 0 saturated carbocycles. The highest BCUT2D eigenvalue weighted by atomic mass is 16.6. The van der Waals surface area contributed by atoms with Crippen molar-refractivity contribution >= 4 is 39.8 Å². The number of hydrogen-bond acceptors (Lipinski definition) is 6. The Morgan fingerprint density at radius 3 is 2.30 bits per heavy atom. The van der Waals surface area contributed by atoms with E-state index in [1.54, 1.807) is 48.5 Å². The van der Waals surface area contributed by atoms with E-state index in [2.05, 4.69) is 10.6 Å². The Bertz CT molecular complexity index is 1330. The van der Waals surface area contributed by atoms with Crippen molar-refractivity contribution < 1.29 is 23.7 Å². The van der Waals surface area contributed by atoms with E-state index in [-0.39, 0.29) is 22.7 Å². The van der Waals surface area contributed by atoms with E-state index in [1.165, 1.54) is 24.3 Å². The molecule has 0 unspecified atom stereocenters. The maximum Gasteiger partial charge on any atom is 0.293 e. The maximum absolute atomic E-state index is 13.0. The molecule has 0 radical (unpaired) electrons. The van der Waals surface area contributed by atoms with Crippen LogP contribution in [0.5, 0.6) is 5.75 Å². The first-order valence-corrected chi connectivity index (χ1v) is 10.1. The van der Waals surface area contributed by atoms with Crippen molar-refractivity contribution in [1.29, 1.82) is 0 Å². The van der Waals surface area contributed by atoms with E-state index < -0.39 is 16.7 Å². The molecule has 1 heterocycles. The fourth-order valence-corrected chi connectivity index (χ4v) is 3.24. The zero-order valence-electron chi connectivity index (χ0n) is 17.5. The van der Waals surface area contributed by atoms with Gasteiger partial charge in [-0.05, 0) is 55.5 Å². The van der Waals surface area contributed by atoms with E-state index in [0.29, 0.717) is 29.0 Å². The predicted molar refractivity (Wildman–Crippen MR) is 123 cm³/mol. The number of fused-ring (bicyclic) bond motifs is 1. The first-order chi connectivity index (χ1) is 16.0. The minimum atomic E-state index is -0.547. The second-order valence-corrected chi connectivity index (χ2v) is 6.97. The van der Waals surface area contributed by atoms with Crippen LogP contribution in [0.1, 0.15) is 27.8 Å². The Kier molecular flexibility index (Phi) is 6.03. The number of nitro groups is 1. The summed E-state index contributed by atoms with van der Waals surface area (Å²) in [6, 6.07) is 18.9. The number of nitrogens with zero attached hydrogens (tertiary/aromatic N) is 1. The molecule has 0 aliphatic heterocycles. The average Bonchev–Trinajstić information content (AvgIpc) is 3.19. The van der Waals surface area contributed by atoms with Crippen molar-refractivity contribution in [2.75, 3.05) is 17.2 Å². The van der Waals surface area contributed by atoms with Gasteiger partial charge in [0.1, 0.15) is 17.0 Å². The highest BCUT2D eigenvalue weighted by Crippen LogP contribution is 2.32. The van der Waals surface area contributed by atoms with Crippen LogP contribution in [-0.2, 0) is 0 Å². The van der Waals surface area contributed by atoms with Gasteiger partial charge in [0.25, 0.3) is 17.5 Å². The number of carbonyl (C=O) groups is 2. The van der Waals surface area contributed by atoms with Gasteiger partial charge in [0.05, 0.1) is 11.5 Å². The number of benzene rings is 3. The normalized spacial score (nSPS) is 10.6. The number of ether oxygens (including phenoxy) is 1. The summed E-state index contributed by atoms with van der Waals surface area (Å²) in [5.41, 5.74) is 1.22. The number of hydrogen-bond donors (Lipinski definition) is 2. The lowest BCUT2D eigenvalue weighted by Gasteiger charge is -2.08. The maximum atomic E-state index is 13.0. The summed E-state index contributed by atoms with van der Waals surface area (Å²) in [5.74, 6) is -0.475. The first kappa shape index (κ1) is 21.6. The highest BCUT2D eigenvalue weighted by molar-refractivity contribution is 6.16. The fraction of sp³-hybridized carbons (Fsp3) is 0.0833. The Balaban J connectivity index is 1.61. The first-order valence-electron chi connectivity index (χ1n) is 10.1. The topological polar surface area (TPSA) is 124 Å². The van der Waals surface area contributed by atoms with Gasteiger partial charge >= 0.3 is 0 Å². The monoisotopic (exact) mass is 445 g/mol. The van der Waals surface area contributed by atoms with Crippen LogP contribution in [0.3, 0.4) is 0 Å². The van der Waals surface area contributed by atoms with Crippen LogP contribution in [0, 0.1) is 10.1 Å². The molecule has 2 amide bonds. The van der Waals surface area contributed by atoms with E-state index >= 15 is 0 Å².